The number of nitrogens with one attached hydrogen (secondary N) is 1. The third kappa shape index (κ3) is 4.89. The molecule has 0 fully saturated rings. The van der Waals surface area contributed by atoms with Crippen molar-refractivity contribution in [3.8, 4) is 0 Å². The molecule has 0 spiro atoms. The zero-order valence-electron chi connectivity index (χ0n) is 14.8. The lowest BCUT2D eigenvalue weighted by Gasteiger charge is -2.22. The van der Waals surface area contributed by atoms with Gasteiger partial charge in [0.2, 0.25) is 0 Å². The Labute approximate surface area is 151 Å². The predicted molar refractivity (Wildman–Crippen MR) is 97.2 cm³/mol. The van der Waals surface area contributed by atoms with Crippen molar-refractivity contribution >= 4 is 23.3 Å². The van der Waals surface area contributed by atoms with Gasteiger partial charge < -0.3 is 10.1 Å². The second-order valence-electron chi connectivity index (χ2n) is 6.72. The summed E-state index contributed by atoms with van der Waals surface area (Å²) >= 11 is 0. The molecule has 0 heterocycles. The van der Waals surface area contributed by atoms with Crippen LogP contribution < -0.4 is 5.32 Å². The van der Waals surface area contributed by atoms with Gasteiger partial charge in [0.15, 0.2) is 6.61 Å². The van der Waals surface area contributed by atoms with Gasteiger partial charge in [-0.15, -0.1) is 0 Å². The average Bonchev–Trinajstić information content (AvgIpc) is 2.59. The van der Waals surface area contributed by atoms with Crippen LogP contribution in [0.3, 0.4) is 0 Å². The van der Waals surface area contributed by atoms with Crippen molar-refractivity contribution in [2.45, 2.75) is 26.2 Å². The van der Waals surface area contributed by atoms with E-state index in [2.05, 4.69) is 5.32 Å². The molecule has 0 bridgehead atoms. The van der Waals surface area contributed by atoms with Crippen molar-refractivity contribution in [2.75, 3.05) is 11.9 Å². The van der Waals surface area contributed by atoms with Crippen LogP contribution in [0.25, 0.3) is 0 Å². The summed E-state index contributed by atoms with van der Waals surface area (Å²) < 4.78 is 4.97. The topological polar surface area (TPSA) is 98.5 Å². The van der Waals surface area contributed by atoms with E-state index < -0.39 is 23.4 Å². The maximum atomic E-state index is 12.1. The van der Waals surface area contributed by atoms with Gasteiger partial charge in [0.25, 0.3) is 11.6 Å². The van der Waals surface area contributed by atoms with Crippen molar-refractivity contribution in [1.82, 2.24) is 0 Å². The van der Waals surface area contributed by atoms with Gasteiger partial charge in [0, 0.05) is 17.8 Å². The molecule has 7 heteroatoms. The maximum absolute atomic E-state index is 12.1. The molecule has 0 saturated heterocycles. The second-order valence-corrected chi connectivity index (χ2v) is 6.72. The number of nitrogens with zero attached hydrogens (tertiary/aromatic N) is 1. The molecule has 0 unspecified atom stereocenters. The molecular formula is C19H20N2O5. The fraction of sp³-hybridized carbons (Fsp3) is 0.263. The summed E-state index contributed by atoms with van der Waals surface area (Å²) in [6.45, 7) is 5.65. The molecule has 1 N–H and O–H groups in total. The van der Waals surface area contributed by atoms with E-state index in [-0.39, 0.29) is 16.7 Å². The Balaban J connectivity index is 1.97. The van der Waals surface area contributed by atoms with Crippen molar-refractivity contribution in [2.24, 2.45) is 0 Å². The van der Waals surface area contributed by atoms with Crippen LogP contribution in [0.4, 0.5) is 11.4 Å². The molecule has 2 rings (SSSR count). The van der Waals surface area contributed by atoms with Gasteiger partial charge in [-0.2, -0.15) is 0 Å². The molecule has 0 saturated carbocycles. The lowest BCUT2D eigenvalue weighted by molar-refractivity contribution is -0.384. The number of esters is 1. The number of hydrogen-bond donors (Lipinski definition) is 1. The minimum atomic E-state index is -0.723. The number of non-ortho nitro benzene ring substituents is 1. The van der Waals surface area contributed by atoms with E-state index in [0.29, 0.717) is 5.69 Å². The van der Waals surface area contributed by atoms with E-state index in [1.807, 2.05) is 39.0 Å². The fourth-order valence-corrected chi connectivity index (χ4v) is 2.37. The van der Waals surface area contributed by atoms with Crippen molar-refractivity contribution in [3.63, 3.8) is 0 Å². The van der Waals surface area contributed by atoms with Gasteiger partial charge in [-0.25, -0.2) is 4.79 Å². The largest absolute Gasteiger partial charge is 0.452 e. The Morgan fingerprint density at radius 1 is 1.08 bits per heavy atom. The summed E-state index contributed by atoms with van der Waals surface area (Å²) in [5.41, 5.74) is 1.49. The zero-order valence-corrected chi connectivity index (χ0v) is 14.8. The number of hydrogen-bond acceptors (Lipinski definition) is 5. The molecule has 136 valence electrons. The molecule has 2 aromatic carbocycles. The molecule has 0 aromatic heterocycles. The molecule has 0 aliphatic heterocycles. The normalized spacial score (nSPS) is 10.9. The summed E-state index contributed by atoms with van der Waals surface area (Å²) in [6.07, 6.45) is 0. The van der Waals surface area contributed by atoms with Crippen LogP contribution in [0.5, 0.6) is 0 Å². The van der Waals surface area contributed by atoms with Gasteiger partial charge in [-0.3, -0.25) is 14.9 Å². The smallest absolute Gasteiger partial charge is 0.338 e. The number of nitro benzene ring substituents is 1. The number of anilines is 1. The highest BCUT2D eigenvalue weighted by Gasteiger charge is 2.19. The second kappa shape index (κ2) is 7.77. The van der Waals surface area contributed by atoms with Gasteiger partial charge in [-0.1, -0.05) is 39.0 Å². The van der Waals surface area contributed by atoms with Crippen LogP contribution in [0.1, 0.15) is 36.7 Å². The Morgan fingerprint density at radius 2 is 1.69 bits per heavy atom. The van der Waals surface area contributed by atoms with Crippen LogP contribution in [0.15, 0.2) is 48.5 Å². The summed E-state index contributed by atoms with van der Waals surface area (Å²) in [6, 6.07) is 12.4. The summed E-state index contributed by atoms with van der Waals surface area (Å²) in [5.74, 6) is -1.18. The van der Waals surface area contributed by atoms with Crippen LogP contribution in [0, 0.1) is 10.1 Å². The predicted octanol–water partition coefficient (Wildman–Crippen LogP) is 3.69. The lowest BCUT2D eigenvalue weighted by atomic mass is 9.86. The molecule has 1 amide bonds. The van der Waals surface area contributed by atoms with Crippen LogP contribution in [-0.4, -0.2) is 23.4 Å². The van der Waals surface area contributed by atoms with Gasteiger partial charge in [-0.05, 0) is 29.2 Å². The fourth-order valence-electron chi connectivity index (χ4n) is 2.37. The minimum Gasteiger partial charge on any atom is -0.452 e. The first-order valence-corrected chi connectivity index (χ1v) is 7.99. The molecule has 7 nitrogen and oxygen atoms in total. The van der Waals surface area contributed by atoms with Crippen LogP contribution in [-0.2, 0) is 14.9 Å². The number of rotatable bonds is 5. The van der Waals surface area contributed by atoms with Crippen LogP contribution in [0.2, 0.25) is 0 Å². The third-order valence-corrected chi connectivity index (χ3v) is 3.66. The number of carbonyl (C=O) groups is 2. The minimum absolute atomic E-state index is 0.127. The maximum Gasteiger partial charge on any atom is 0.338 e. The van der Waals surface area contributed by atoms with E-state index in [1.165, 1.54) is 24.3 Å². The number of nitro groups is 1. The van der Waals surface area contributed by atoms with E-state index in [1.54, 1.807) is 6.07 Å². The molecule has 26 heavy (non-hydrogen) atoms. The first-order valence-electron chi connectivity index (χ1n) is 7.99. The number of carbonyl (C=O) groups excluding carboxylic acids is 2. The molecule has 2 aromatic rings. The highest BCUT2D eigenvalue weighted by Crippen LogP contribution is 2.29. The number of amides is 1. The number of benzene rings is 2. The molecule has 0 aliphatic rings. The van der Waals surface area contributed by atoms with Crippen LogP contribution >= 0.6 is 0 Å². The molecular weight excluding hydrogens is 336 g/mol. The molecule has 0 radical (unpaired) electrons. The van der Waals surface area contributed by atoms with E-state index in [0.717, 1.165) is 5.56 Å². The summed E-state index contributed by atoms with van der Waals surface area (Å²) in [4.78, 5) is 34.1. The Morgan fingerprint density at radius 3 is 2.27 bits per heavy atom. The first kappa shape index (κ1) is 19.1. The molecule has 0 atom stereocenters. The summed E-state index contributed by atoms with van der Waals surface area (Å²) in [5, 5.41) is 13.3. The Bertz CT molecular complexity index is 823. The number of ether oxygens (including phenoxy) is 1. The zero-order chi connectivity index (χ0) is 19.3. The average molecular weight is 356 g/mol. The highest BCUT2D eigenvalue weighted by atomic mass is 16.6. The number of para-hydroxylation sites is 1. The quantitative estimate of drug-likeness (QED) is 0.500. The van der Waals surface area contributed by atoms with E-state index >= 15 is 0 Å². The van der Waals surface area contributed by atoms with Gasteiger partial charge in [0.05, 0.1) is 10.5 Å². The lowest BCUT2D eigenvalue weighted by Crippen LogP contribution is -2.23. The Hall–Kier alpha value is -3.22. The van der Waals surface area contributed by atoms with Gasteiger partial charge >= 0.3 is 5.97 Å². The standard InChI is InChI=1S/C19H20N2O5/c1-19(2,3)15-6-4-5-7-16(15)20-17(22)12-26-18(23)13-8-10-14(11-9-13)21(24)25/h4-11H,12H2,1-3H3,(H,20,22). The van der Waals surface area contributed by atoms with E-state index in [9.17, 15) is 19.7 Å². The Kier molecular flexibility index (Phi) is 5.71. The highest BCUT2D eigenvalue weighted by molar-refractivity contribution is 5.96. The van der Waals surface area contributed by atoms with Gasteiger partial charge in [0.1, 0.15) is 0 Å². The van der Waals surface area contributed by atoms with Crippen molar-refractivity contribution < 1.29 is 19.2 Å². The van der Waals surface area contributed by atoms with Crippen molar-refractivity contribution in [3.05, 3.63) is 69.8 Å². The first-order chi connectivity index (χ1) is 12.2. The van der Waals surface area contributed by atoms with Crippen molar-refractivity contribution in [1.29, 1.82) is 0 Å². The SMILES string of the molecule is CC(C)(C)c1ccccc1NC(=O)COC(=O)c1ccc([N+](=O)[O-])cc1. The third-order valence-electron chi connectivity index (χ3n) is 3.66. The monoisotopic (exact) mass is 356 g/mol. The molecule has 0 aliphatic carbocycles. The summed E-state index contributed by atoms with van der Waals surface area (Å²) in [7, 11) is 0. The van der Waals surface area contributed by atoms with E-state index in [4.69, 9.17) is 4.74 Å².